The summed E-state index contributed by atoms with van der Waals surface area (Å²) in [4.78, 5) is 14.5. The van der Waals surface area contributed by atoms with Gasteiger partial charge in [-0.2, -0.15) is 0 Å². The van der Waals surface area contributed by atoms with Crippen LogP contribution in [0, 0.1) is 11.8 Å². The van der Waals surface area contributed by atoms with Gasteiger partial charge >= 0.3 is 0 Å². The van der Waals surface area contributed by atoms with Crippen LogP contribution in [0.1, 0.15) is 32.1 Å². The lowest BCUT2D eigenvalue weighted by atomic mass is 9.92. The first kappa shape index (κ1) is 16.7. The number of rotatable bonds is 4. The Kier molecular flexibility index (Phi) is 5.62. The first-order valence-corrected chi connectivity index (χ1v) is 9.61. The van der Waals surface area contributed by atoms with Crippen molar-refractivity contribution in [3.05, 3.63) is 0 Å². The van der Waals surface area contributed by atoms with Crippen molar-refractivity contribution in [3.8, 4) is 0 Å². The molecule has 1 N–H and O–H groups in total. The molecule has 1 amide bonds. The SMILES string of the molecule is CS(=O)(=O)N1CCCC(C(=O)N2CCCC(CCO)C2)C1. The third-order valence-corrected chi connectivity index (χ3v) is 5.84. The van der Waals surface area contributed by atoms with E-state index in [0.717, 1.165) is 38.6 Å². The van der Waals surface area contributed by atoms with E-state index in [0.29, 0.717) is 25.6 Å². The minimum absolute atomic E-state index is 0.0889. The zero-order valence-corrected chi connectivity index (χ0v) is 13.5. The Balaban J connectivity index is 1.96. The van der Waals surface area contributed by atoms with Gasteiger partial charge in [0.15, 0.2) is 0 Å². The number of aliphatic hydroxyl groups is 1. The topological polar surface area (TPSA) is 77.9 Å². The first-order chi connectivity index (χ1) is 9.91. The van der Waals surface area contributed by atoms with E-state index in [4.69, 9.17) is 5.11 Å². The largest absolute Gasteiger partial charge is 0.396 e. The van der Waals surface area contributed by atoms with E-state index >= 15 is 0 Å². The summed E-state index contributed by atoms with van der Waals surface area (Å²) in [6.45, 7) is 2.47. The van der Waals surface area contributed by atoms with Crippen LogP contribution in [0.25, 0.3) is 0 Å². The molecule has 0 radical (unpaired) electrons. The minimum Gasteiger partial charge on any atom is -0.396 e. The number of hydrogen-bond donors (Lipinski definition) is 1. The van der Waals surface area contributed by atoms with Crippen molar-refractivity contribution in [2.45, 2.75) is 32.1 Å². The monoisotopic (exact) mass is 318 g/mol. The number of sulfonamides is 1. The van der Waals surface area contributed by atoms with Gasteiger partial charge in [0.25, 0.3) is 0 Å². The molecule has 2 aliphatic heterocycles. The number of hydrogen-bond acceptors (Lipinski definition) is 4. The van der Waals surface area contributed by atoms with E-state index in [-0.39, 0.29) is 18.4 Å². The Labute approximate surface area is 127 Å². The first-order valence-electron chi connectivity index (χ1n) is 7.76. The summed E-state index contributed by atoms with van der Waals surface area (Å²) in [6, 6.07) is 0. The summed E-state index contributed by atoms with van der Waals surface area (Å²) >= 11 is 0. The molecule has 122 valence electrons. The molecule has 2 unspecified atom stereocenters. The Morgan fingerprint density at radius 1 is 1.19 bits per heavy atom. The number of carbonyl (C=O) groups is 1. The van der Waals surface area contributed by atoms with Gasteiger partial charge in [-0.05, 0) is 38.0 Å². The summed E-state index contributed by atoms with van der Waals surface area (Å²) in [5, 5.41) is 9.04. The predicted octanol–water partition coefficient (Wildman–Crippen LogP) is 0.279. The molecule has 0 aliphatic carbocycles. The number of aliphatic hydroxyl groups excluding tert-OH is 1. The van der Waals surface area contributed by atoms with Crippen LogP contribution in [0.3, 0.4) is 0 Å². The van der Waals surface area contributed by atoms with Gasteiger partial charge in [-0.15, -0.1) is 0 Å². The molecule has 0 aromatic heterocycles. The summed E-state index contributed by atoms with van der Waals surface area (Å²) < 4.78 is 24.7. The van der Waals surface area contributed by atoms with E-state index < -0.39 is 10.0 Å². The van der Waals surface area contributed by atoms with Crippen LogP contribution < -0.4 is 0 Å². The van der Waals surface area contributed by atoms with Crippen molar-refractivity contribution in [2.75, 3.05) is 39.0 Å². The molecule has 2 atom stereocenters. The molecule has 2 aliphatic rings. The second-order valence-electron chi connectivity index (χ2n) is 6.26. The van der Waals surface area contributed by atoms with E-state index in [1.165, 1.54) is 10.6 Å². The van der Waals surface area contributed by atoms with Gasteiger partial charge in [-0.25, -0.2) is 12.7 Å². The van der Waals surface area contributed by atoms with Crippen molar-refractivity contribution in [1.82, 2.24) is 9.21 Å². The van der Waals surface area contributed by atoms with Gasteiger partial charge in [-0.1, -0.05) is 0 Å². The van der Waals surface area contributed by atoms with E-state index in [1.807, 2.05) is 4.90 Å². The number of piperidine rings is 2. The maximum Gasteiger partial charge on any atom is 0.227 e. The van der Waals surface area contributed by atoms with Crippen LogP contribution in [0.15, 0.2) is 0 Å². The van der Waals surface area contributed by atoms with Gasteiger partial charge < -0.3 is 10.0 Å². The Morgan fingerprint density at radius 3 is 2.57 bits per heavy atom. The van der Waals surface area contributed by atoms with Crippen molar-refractivity contribution in [3.63, 3.8) is 0 Å². The van der Waals surface area contributed by atoms with Crippen molar-refractivity contribution in [1.29, 1.82) is 0 Å². The molecular weight excluding hydrogens is 292 g/mol. The fraction of sp³-hybridized carbons (Fsp3) is 0.929. The van der Waals surface area contributed by atoms with Gasteiger partial charge in [-0.3, -0.25) is 4.79 Å². The highest BCUT2D eigenvalue weighted by atomic mass is 32.2. The van der Waals surface area contributed by atoms with Crippen LogP contribution in [-0.2, 0) is 14.8 Å². The highest BCUT2D eigenvalue weighted by molar-refractivity contribution is 7.88. The summed E-state index contributed by atoms with van der Waals surface area (Å²) in [6.07, 6.45) is 5.49. The third-order valence-electron chi connectivity index (χ3n) is 4.57. The lowest BCUT2D eigenvalue weighted by Gasteiger charge is -2.37. The molecule has 2 heterocycles. The van der Waals surface area contributed by atoms with Crippen LogP contribution in [0.5, 0.6) is 0 Å². The fourth-order valence-electron chi connectivity index (χ4n) is 3.39. The Morgan fingerprint density at radius 2 is 1.90 bits per heavy atom. The van der Waals surface area contributed by atoms with Crippen molar-refractivity contribution >= 4 is 15.9 Å². The maximum absolute atomic E-state index is 12.6. The highest BCUT2D eigenvalue weighted by Crippen LogP contribution is 2.25. The quantitative estimate of drug-likeness (QED) is 0.807. The van der Waals surface area contributed by atoms with Gasteiger partial charge in [0.2, 0.25) is 15.9 Å². The lowest BCUT2D eigenvalue weighted by molar-refractivity contribution is -0.138. The fourth-order valence-corrected chi connectivity index (χ4v) is 4.30. The Hall–Kier alpha value is -0.660. The van der Waals surface area contributed by atoms with Crippen LogP contribution in [0.2, 0.25) is 0 Å². The number of nitrogens with zero attached hydrogens (tertiary/aromatic N) is 2. The number of carbonyl (C=O) groups excluding carboxylic acids is 1. The third kappa shape index (κ3) is 4.40. The highest BCUT2D eigenvalue weighted by Gasteiger charge is 2.34. The number of amides is 1. The second kappa shape index (κ2) is 7.07. The number of likely N-dealkylation sites (tertiary alicyclic amines) is 1. The molecule has 0 spiro atoms. The van der Waals surface area contributed by atoms with Crippen LogP contribution in [-0.4, -0.2) is 67.7 Å². The average molecular weight is 318 g/mol. The maximum atomic E-state index is 12.6. The lowest BCUT2D eigenvalue weighted by Crippen LogP contribution is -2.49. The zero-order valence-electron chi connectivity index (χ0n) is 12.7. The van der Waals surface area contributed by atoms with E-state index in [9.17, 15) is 13.2 Å². The van der Waals surface area contributed by atoms with Crippen LogP contribution in [0.4, 0.5) is 0 Å². The van der Waals surface area contributed by atoms with Crippen molar-refractivity contribution in [2.24, 2.45) is 11.8 Å². The molecule has 7 heteroatoms. The summed E-state index contributed by atoms with van der Waals surface area (Å²) in [7, 11) is -3.21. The summed E-state index contributed by atoms with van der Waals surface area (Å²) in [5.41, 5.74) is 0. The molecule has 0 aromatic rings. The molecule has 21 heavy (non-hydrogen) atoms. The molecule has 2 fully saturated rings. The predicted molar refractivity (Wildman–Crippen MR) is 80.1 cm³/mol. The minimum atomic E-state index is -3.21. The molecule has 2 saturated heterocycles. The van der Waals surface area contributed by atoms with Gasteiger partial charge in [0.1, 0.15) is 0 Å². The van der Waals surface area contributed by atoms with Crippen molar-refractivity contribution < 1.29 is 18.3 Å². The average Bonchev–Trinajstić information content (AvgIpc) is 2.46. The molecule has 0 aromatic carbocycles. The molecule has 2 rings (SSSR count). The van der Waals surface area contributed by atoms with Crippen LogP contribution >= 0.6 is 0 Å². The standard InChI is InChI=1S/C14H26N2O4S/c1-21(19,20)16-8-3-5-13(11-16)14(18)15-7-2-4-12(10-15)6-9-17/h12-13,17H,2-11H2,1H3. The molecule has 0 saturated carbocycles. The molecular formula is C14H26N2O4S. The smallest absolute Gasteiger partial charge is 0.227 e. The summed E-state index contributed by atoms with van der Waals surface area (Å²) in [5.74, 6) is 0.259. The van der Waals surface area contributed by atoms with Gasteiger partial charge in [0, 0.05) is 32.8 Å². The second-order valence-corrected chi connectivity index (χ2v) is 8.25. The van der Waals surface area contributed by atoms with Gasteiger partial charge in [0.05, 0.1) is 12.2 Å². The molecule has 6 nitrogen and oxygen atoms in total. The van der Waals surface area contributed by atoms with E-state index in [2.05, 4.69) is 0 Å². The molecule has 0 bridgehead atoms. The zero-order chi connectivity index (χ0) is 15.5. The normalized spacial score (nSPS) is 28.6. The Bertz CT molecular complexity index is 464. The van der Waals surface area contributed by atoms with E-state index in [1.54, 1.807) is 0 Å².